The number of rotatable bonds is 10. The zero-order valence-corrected chi connectivity index (χ0v) is 28.0. The third-order valence-corrected chi connectivity index (χ3v) is 12.0. The molecule has 2 unspecified atom stereocenters. The first-order chi connectivity index (χ1) is 22.0. The molecule has 2 heterocycles. The average molecular weight is 633 g/mol. The first-order valence-electron chi connectivity index (χ1n) is 17.2. The summed E-state index contributed by atoms with van der Waals surface area (Å²) in [6.45, 7) is 10.3. The van der Waals surface area contributed by atoms with Crippen LogP contribution in [0, 0.1) is 29.1 Å². The van der Waals surface area contributed by atoms with Gasteiger partial charge in [0.15, 0.2) is 0 Å². The Morgan fingerprint density at radius 2 is 1.85 bits per heavy atom. The molecular weight excluding hydrogens is 580 g/mol. The summed E-state index contributed by atoms with van der Waals surface area (Å²) in [7, 11) is 2.10. The molecule has 7 rings (SSSR count). The Morgan fingerprint density at radius 3 is 2.50 bits per heavy atom. The van der Waals surface area contributed by atoms with Crippen molar-refractivity contribution in [3.8, 4) is 11.1 Å². The lowest BCUT2D eigenvalue weighted by atomic mass is 9.45. The maximum atomic E-state index is 14.0. The van der Waals surface area contributed by atoms with Crippen LogP contribution in [-0.2, 0) is 16.2 Å². The van der Waals surface area contributed by atoms with Crippen LogP contribution in [0.2, 0.25) is 0 Å². The van der Waals surface area contributed by atoms with Gasteiger partial charge in [-0.2, -0.15) is 5.06 Å². The summed E-state index contributed by atoms with van der Waals surface area (Å²) >= 11 is 0. The Hall–Kier alpha value is -2.82. The largest absolute Gasteiger partial charge is 0.394 e. The lowest BCUT2D eigenvalue weighted by molar-refractivity contribution is -0.183. The highest BCUT2D eigenvalue weighted by Gasteiger charge is 2.57. The fourth-order valence-corrected chi connectivity index (χ4v) is 8.90. The molecule has 2 aliphatic heterocycles. The van der Waals surface area contributed by atoms with Crippen molar-refractivity contribution in [1.82, 2.24) is 20.6 Å². The highest BCUT2D eigenvalue weighted by molar-refractivity contribution is 5.95. The SMILES string of the molecule is C[C@H](O)[C@@H]1[C@H](CO)ON(Cc2cccc(-c3cccc(C(=O)NC[C@@H]4CCCN4C)c3)c2)[C@@H]1C(=O)N[C@H]1CC2CC([C@H]1C)C2(C)C. The third-order valence-electron chi connectivity index (χ3n) is 12.0. The number of likely N-dealkylation sites (tertiary alicyclic amines) is 1. The van der Waals surface area contributed by atoms with Crippen LogP contribution in [0.15, 0.2) is 48.5 Å². The van der Waals surface area contributed by atoms with E-state index >= 15 is 0 Å². The van der Waals surface area contributed by atoms with Crippen LogP contribution in [0.3, 0.4) is 0 Å². The minimum Gasteiger partial charge on any atom is -0.394 e. The Bertz CT molecular complexity index is 1410. The number of carbonyl (C=O) groups excluding carboxylic acids is 2. The summed E-state index contributed by atoms with van der Waals surface area (Å²) in [5, 5.41) is 29.1. The number of hydrogen-bond acceptors (Lipinski definition) is 7. The molecular formula is C37H52N4O5. The zero-order chi connectivity index (χ0) is 32.7. The predicted octanol–water partition coefficient (Wildman–Crippen LogP) is 3.84. The molecule has 9 heteroatoms. The Balaban J connectivity index is 1.17. The number of nitrogens with one attached hydrogen (secondary N) is 2. The minimum atomic E-state index is -0.844. The van der Waals surface area contributed by atoms with E-state index < -0.39 is 24.2 Å². The molecule has 9 atom stereocenters. The number of aliphatic hydroxyl groups is 2. The monoisotopic (exact) mass is 632 g/mol. The predicted molar refractivity (Wildman–Crippen MR) is 177 cm³/mol. The molecule has 4 N–H and O–H groups in total. The smallest absolute Gasteiger partial charge is 0.251 e. The molecule has 3 saturated carbocycles. The van der Waals surface area contributed by atoms with Gasteiger partial charge in [0.25, 0.3) is 5.91 Å². The Labute approximate surface area is 273 Å². The molecule has 0 radical (unpaired) electrons. The summed E-state index contributed by atoms with van der Waals surface area (Å²) in [6, 6.07) is 15.4. The molecule has 5 fully saturated rings. The third kappa shape index (κ3) is 6.37. The van der Waals surface area contributed by atoms with E-state index in [1.165, 1.54) is 6.42 Å². The Morgan fingerprint density at radius 1 is 1.11 bits per heavy atom. The molecule has 3 aliphatic carbocycles. The van der Waals surface area contributed by atoms with Gasteiger partial charge in [-0.05, 0) is 104 Å². The summed E-state index contributed by atoms with van der Waals surface area (Å²) in [5.41, 5.74) is 3.73. The molecule has 0 spiro atoms. The first kappa shape index (κ1) is 33.1. The van der Waals surface area contributed by atoms with Crippen molar-refractivity contribution in [1.29, 1.82) is 0 Å². The van der Waals surface area contributed by atoms with E-state index in [4.69, 9.17) is 4.84 Å². The van der Waals surface area contributed by atoms with Gasteiger partial charge in [0, 0.05) is 30.1 Å². The second kappa shape index (κ2) is 13.4. The maximum Gasteiger partial charge on any atom is 0.251 e. The molecule has 46 heavy (non-hydrogen) atoms. The Kier molecular flexibility index (Phi) is 9.61. The van der Waals surface area contributed by atoms with E-state index in [9.17, 15) is 19.8 Å². The van der Waals surface area contributed by atoms with Gasteiger partial charge in [-0.1, -0.05) is 51.1 Å². The number of aliphatic hydroxyl groups excluding tert-OH is 2. The summed E-state index contributed by atoms with van der Waals surface area (Å²) < 4.78 is 0. The van der Waals surface area contributed by atoms with Gasteiger partial charge >= 0.3 is 0 Å². The fraction of sp³-hybridized carbons (Fsp3) is 0.622. The van der Waals surface area contributed by atoms with Crippen molar-refractivity contribution in [2.45, 2.75) is 90.3 Å². The van der Waals surface area contributed by atoms with Gasteiger partial charge in [-0.25, -0.2) is 0 Å². The van der Waals surface area contributed by atoms with Crippen molar-refractivity contribution in [3.05, 3.63) is 59.7 Å². The molecule has 2 aromatic rings. The van der Waals surface area contributed by atoms with Crippen molar-refractivity contribution < 1.29 is 24.6 Å². The highest BCUT2D eigenvalue weighted by Crippen LogP contribution is 2.61. The van der Waals surface area contributed by atoms with Gasteiger partial charge in [-0.3, -0.25) is 14.4 Å². The summed E-state index contributed by atoms with van der Waals surface area (Å²) in [4.78, 5) is 35.5. The molecule has 2 amide bonds. The molecule has 250 valence electrons. The maximum absolute atomic E-state index is 14.0. The van der Waals surface area contributed by atoms with Gasteiger partial charge in [0.2, 0.25) is 5.91 Å². The van der Waals surface area contributed by atoms with Crippen LogP contribution in [-0.4, -0.2) is 89.1 Å². The number of hydrogen-bond donors (Lipinski definition) is 4. The van der Waals surface area contributed by atoms with E-state index in [-0.39, 0.29) is 24.5 Å². The van der Waals surface area contributed by atoms with Crippen LogP contribution < -0.4 is 10.6 Å². The van der Waals surface area contributed by atoms with Crippen molar-refractivity contribution in [2.75, 3.05) is 26.7 Å². The van der Waals surface area contributed by atoms with E-state index in [1.54, 1.807) is 12.0 Å². The van der Waals surface area contributed by atoms with Crippen molar-refractivity contribution in [2.24, 2.45) is 29.1 Å². The highest BCUT2D eigenvalue weighted by atomic mass is 16.7. The molecule has 9 nitrogen and oxygen atoms in total. The van der Waals surface area contributed by atoms with E-state index in [1.807, 2.05) is 48.5 Å². The first-order valence-corrected chi connectivity index (χ1v) is 17.2. The van der Waals surface area contributed by atoms with Crippen LogP contribution >= 0.6 is 0 Å². The second-order valence-electron chi connectivity index (χ2n) is 15.0. The van der Waals surface area contributed by atoms with Gasteiger partial charge in [0.1, 0.15) is 12.1 Å². The number of likely N-dealkylation sites (N-methyl/N-ethyl adjacent to an activating group) is 1. The van der Waals surface area contributed by atoms with E-state index in [2.05, 4.69) is 43.4 Å². The number of fused-ring (bicyclic) bond motifs is 2. The summed E-state index contributed by atoms with van der Waals surface area (Å²) in [5.74, 6) is 0.760. The number of amides is 2. The molecule has 0 aromatic heterocycles. The molecule has 5 aliphatic rings. The number of carbonyl (C=O) groups is 2. The van der Waals surface area contributed by atoms with Gasteiger partial charge in [0.05, 0.1) is 19.3 Å². The van der Waals surface area contributed by atoms with Crippen molar-refractivity contribution in [3.63, 3.8) is 0 Å². The van der Waals surface area contributed by atoms with Gasteiger partial charge < -0.3 is 25.7 Å². The lowest BCUT2D eigenvalue weighted by Gasteiger charge is -2.62. The number of nitrogens with zero attached hydrogens (tertiary/aromatic N) is 2. The fourth-order valence-electron chi connectivity index (χ4n) is 8.90. The van der Waals surface area contributed by atoms with E-state index in [0.717, 1.165) is 42.5 Å². The van der Waals surface area contributed by atoms with Crippen LogP contribution in [0.5, 0.6) is 0 Å². The molecule has 2 bridgehead atoms. The zero-order valence-electron chi connectivity index (χ0n) is 28.0. The average Bonchev–Trinajstić information content (AvgIpc) is 3.63. The summed E-state index contributed by atoms with van der Waals surface area (Å²) in [6.07, 6.45) is 2.92. The van der Waals surface area contributed by atoms with Crippen LogP contribution in [0.4, 0.5) is 0 Å². The quantitative estimate of drug-likeness (QED) is 0.315. The van der Waals surface area contributed by atoms with Gasteiger partial charge in [-0.15, -0.1) is 0 Å². The molecule has 2 saturated heterocycles. The van der Waals surface area contributed by atoms with Crippen LogP contribution in [0.1, 0.15) is 69.3 Å². The standard InChI is InChI=1S/C37H52N4O5/c1-22-30-17-28(37(30,3)4)18-31(22)39-36(45)34-33(23(2)43)32(21-42)46-41(34)20-24-9-6-10-25(15-24)26-11-7-12-27(16-26)35(44)38-19-29-13-8-14-40(29)5/h6-7,9-12,15-16,22-23,28-34,42-43H,8,13-14,17-21H2,1-5H3,(H,38,44)(H,39,45)/t22-,23+,28?,29+,30?,31+,32+,33-,34+/m1/s1. The second-order valence-corrected chi connectivity index (χ2v) is 15.0. The van der Waals surface area contributed by atoms with Crippen molar-refractivity contribution >= 4 is 11.8 Å². The number of benzene rings is 2. The lowest BCUT2D eigenvalue weighted by Crippen LogP contribution is -2.62. The molecule has 2 aromatic carbocycles. The number of hydroxylamine groups is 2. The van der Waals surface area contributed by atoms with Crippen LogP contribution in [0.25, 0.3) is 11.1 Å². The minimum absolute atomic E-state index is 0.0787. The van der Waals surface area contributed by atoms with E-state index in [0.29, 0.717) is 47.9 Å². The topological polar surface area (TPSA) is 114 Å². The normalized spacial score (nSPS) is 32.9.